The minimum Gasteiger partial charge on any atom is -0.306 e. The van der Waals surface area contributed by atoms with Crippen molar-refractivity contribution >= 4 is 5.78 Å². The molecule has 1 heterocycles. The molecule has 28 heavy (non-hydrogen) atoms. The quantitative estimate of drug-likeness (QED) is 0.639. The third-order valence-corrected chi connectivity index (χ3v) is 4.35. The number of rotatable bonds is 5. The summed E-state index contributed by atoms with van der Waals surface area (Å²) in [5.41, 5.74) is -0.188. The average molecular weight is 386 g/mol. The molecule has 0 amide bonds. The lowest BCUT2D eigenvalue weighted by molar-refractivity contribution is -0.137. The Labute approximate surface area is 159 Å². The second kappa shape index (κ2) is 7.80. The number of carbonyl (C=O) groups is 1. The molecule has 0 saturated heterocycles. The van der Waals surface area contributed by atoms with Gasteiger partial charge in [0.15, 0.2) is 5.78 Å². The van der Waals surface area contributed by atoms with Gasteiger partial charge in [-0.1, -0.05) is 55.5 Å². The van der Waals surface area contributed by atoms with Crippen LogP contribution in [0.5, 0.6) is 0 Å². The molecular weight excluding hydrogens is 369 g/mol. The van der Waals surface area contributed by atoms with Gasteiger partial charge in [0.25, 0.3) is 5.56 Å². The summed E-state index contributed by atoms with van der Waals surface area (Å²) in [5, 5.41) is 0. The second-order valence-corrected chi connectivity index (χ2v) is 6.50. The number of hydrogen-bond donors (Lipinski definition) is 1. The number of alkyl halides is 3. The van der Waals surface area contributed by atoms with Crippen LogP contribution in [0.1, 0.15) is 40.9 Å². The average Bonchev–Trinajstić information content (AvgIpc) is 2.67. The van der Waals surface area contributed by atoms with E-state index in [1.807, 2.05) is 6.07 Å². The predicted molar refractivity (Wildman–Crippen MR) is 99.1 cm³/mol. The van der Waals surface area contributed by atoms with Crippen molar-refractivity contribution in [1.82, 2.24) is 9.97 Å². The van der Waals surface area contributed by atoms with Gasteiger partial charge in [-0.15, -0.1) is 0 Å². The van der Waals surface area contributed by atoms with Crippen LogP contribution in [0.4, 0.5) is 13.2 Å². The predicted octanol–water partition coefficient (Wildman–Crippen LogP) is 4.83. The number of aromatic nitrogens is 2. The maximum absolute atomic E-state index is 12.9. The summed E-state index contributed by atoms with van der Waals surface area (Å²) in [6.45, 7) is 1.67. The van der Waals surface area contributed by atoms with Gasteiger partial charge < -0.3 is 4.98 Å². The highest BCUT2D eigenvalue weighted by Gasteiger charge is 2.30. The lowest BCUT2D eigenvalue weighted by atomic mass is 9.93. The summed E-state index contributed by atoms with van der Waals surface area (Å²) < 4.78 is 38.7. The molecule has 2 aromatic carbocycles. The van der Waals surface area contributed by atoms with Crippen LogP contribution in [-0.4, -0.2) is 15.8 Å². The molecule has 1 atom stereocenters. The number of Topliss-reactive ketones (excluding diaryl/α,β-unsaturated/α-hetero) is 1. The van der Waals surface area contributed by atoms with Crippen molar-refractivity contribution in [2.45, 2.75) is 25.4 Å². The van der Waals surface area contributed by atoms with Gasteiger partial charge in [0.05, 0.1) is 5.56 Å². The lowest BCUT2D eigenvalue weighted by Gasteiger charge is -2.14. The molecule has 0 spiro atoms. The fourth-order valence-corrected chi connectivity index (χ4v) is 2.86. The molecule has 4 nitrogen and oxygen atoms in total. The number of carbonyl (C=O) groups excluding carboxylic acids is 1. The van der Waals surface area contributed by atoms with E-state index in [0.29, 0.717) is 11.1 Å². The SMILES string of the molecule is CC(CC(=O)c1cc(=O)[nH]c(-c2ccccc2)n1)c1cccc(C(F)(F)F)c1. The van der Waals surface area contributed by atoms with Gasteiger partial charge in [0, 0.05) is 18.1 Å². The van der Waals surface area contributed by atoms with E-state index in [1.54, 1.807) is 37.3 Å². The topological polar surface area (TPSA) is 62.8 Å². The first kappa shape index (κ1) is 19.5. The van der Waals surface area contributed by atoms with Gasteiger partial charge in [-0.05, 0) is 17.5 Å². The van der Waals surface area contributed by atoms with Gasteiger partial charge in [0.2, 0.25) is 0 Å². The Morgan fingerprint density at radius 1 is 1.07 bits per heavy atom. The third-order valence-electron chi connectivity index (χ3n) is 4.35. The smallest absolute Gasteiger partial charge is 0.306 e. The molecule has 3 rings (SSSR count). The normalized spacial score (nSPS) is 12.6. The molecule has 0 aliphatic heterocycles. The Bertz CT molecular complexity index is 1040. The molecule has 1 N–H and O–H groups in total. The van der Waals surface area contributed by atoms with E-state index in [4.69, 9.17) is 0 Å². The fourth-order valence-electron chi connectivity index (χ4n) is 2.86. The maximum atomic E-state index is 12.9. The van der Waals surface area contributed by atoms with Gasteiger partial charge in [-0.2, -0.15) is 13.2 Å². The molecule has 7 heteroatoms. The highest BCUT2D eigenvalue weighted by molar-refractivity contribution is 5.95. The lowest BCUT2D eigenvalue weighted by Crippen LogP contribution is -2.15. The molecule has 0 aliphatic rings. The van der Waals surface area contributed by atoms with Crippen LogP contribution in [0.3, 0.4) is 0 Å². The first-order chi connectivity index (χ1) is 13.2. The molecule has 0 radical (unpaired) electrons. The summed E-state index contributed by atoms with van der Waals surface area (Å²) >= 11 is 0. The van der Waals surface area contributed by atoms with Crippen molar-refractivity contribution in [3.05, 3.63) is 87.8 Å². The molecular formula is C21H17F3N2O2. The van der Waals surface area contributed by atoms with E-state index in [2.05, 4.69) is 9.97 Å². The molecule has 0 aliphatic carbocycles. The van der Waals surface area contributed by atoms with Crippen LogP contribution in [0.2, 0.25) is 0 Å². The van der Waals surface area contributed by atoms with Crippen molar-refractivity contribution in [2.75, 3.05) is 0 Å². The van der Waals surface area contributed by atoms with Crippen LogP contribution in [0.25, 0.3) is 11.4 Å². The zero-order valence-corrected chi connectivity index (χ0v) is 15.0. The van der Waals surface area contributed by atoms with Crippen LogP contribution < -0.4 is 5.56 Å². The fraction of sp³-hybridized carbons (Fsp3) is 0.190. The Hall–Kier alpha value is -3.22. The summed E-state index contributed by atoms with van der Waals surface area (Å²) in [7, 11) is 0. The number of nitrogens with one attached hydrogen (secondary N) is 1. The number of nitrogens with zero attached hydrogens (tertiary/aromatic N) is 1. The zero-order chi connectivity index (χ0) is 20.3. The minimum atomic E-state index is -4.45. The van der Waals surface area contributed by atoms with E-state index in [9.17, 15) is 22.8 Å². The number of hydrogen-bond acceptors (Lipinski definition) is 3. The van der Waals surface area contributed by atoms with Gasteiger partial charge in [-0.3, -0.25) is 9.59 Å². The number of ketones is 1. The Balaban J connectivity index is 1.84. The molecule has 1 unspecified atom stereocenters. The Kier molecular flexibility index (Phi) is 5.44. The summed E-state index contributed by atoms with van der Waals surface area (Å²) in [4.78, 5) is 31.3. The Morgan fingerprint density at radius 3 is 2.46 bits per heavy atom. The highest BCUT2D eigenvalue weighted by atomic mass is 19.4. The van der Waals surface area contributed by atoms with Crippen LogP contribution in [0.15, 0.2) is 65.5 Å². The standard InChI is InChI=1S/C21H17F3N2O2/c1-13(15-8-5-9-16(11-15)21(22,23)24)10-18(27)17-12-19(28)26-20(25-17)14-6-3-2-4-7-14/h2-9,11-13H,10H2,1H3,(H,25,26,28). The van der Waals surface area contributed by atoms with Crippen LogP contribution >= 0.6 is 0 Å². The first-order valence-corrected chi connectivity index (χ1v) is 8.61. The van der Waals surface area contributed by atoms with E-state index >= 15 is 0 Å². The molecule has 0 bridgehead atoms. The third kappa shape index (κ3) is 4.54. The molecule has 0 fully saturated rings. The first-order valence-electron chi connectivity index (χ1n) is 8.61. The van der Waals surface area contributed by atoms with Gasteiger partial charge in [0.1, 0.15) is 11.5 Å². The molecule has 144 valence electrons. The van der Waals surface area contributed by atoms with Crippen molar-refractivity contribution < 1.29 is 18.0 Å². The van der Waals surface area contributed by atoms with E-state index in [0.717, 1.165) is 18.2 Å². The summed E-state index contributed by atoms with van der Waals surface area (Å²) in [6.07, 6.45) is -4.51. The van der Waals surface area contributed by atoms with E-state index in [-0.39, 0.29) is 17.9 Å². The number of H-pyrrole nitrogens is 1. The monoisotopic (exact) mass is 386 g/mol. The Morgan fingerprint density at radius 2 is 1.79 bits per heavy atom. The number of halogens is 3. The van der Waals surface area contributed by atoms with E-state index in [1.165, 1.54) is 6.07 Å². The highest BCUT2D eigenvalue weighted by Crippen LogP contribution is 2.32. The van der Waals surface area contributed by atoms with Gasteiger partial charge in [-0.25, -0.2) is 4.98 Å². The van der Waals surface area contributed by atoms with Crippen LogP contribution in [-0.2, 0) is 6.18 Å². The van der Waals surface area contributed by atoms with E-state index < -0.39 is 29.0 Å². The zero-order valence-electron chi connectivity index (χ0n) is 15.0. The summed E-state index contributed by atoms with van der Waals surface area (Å²) in [6, 6.07) is 14.9. The number of aromatic amines is 1. The van der Waals surface area contributed by atoms with Crippen molar-refractivity contribution in [1.29, 1.82) is 0 Å². The van der Waals surface area contributed by atoms with Crippen molar-refractivity contribution in [3.63, 3.8) is 0 Å². The number of benzene rings is 2. The van der Waals surface area contributed by atoms with Crippen molar-refractivity contribution in [3.8, 4) is 11.4 Å². The molecule has 0 saturated carbocycles. The second-order valence-electron chi connectivity index (χ2n) is 6.50. The molecule has 1 aromatic heterocycles. The molecule has 3 aromatic rings. The summed E-state index contributed by atoms with van der Waals surface area (Å²) in [5.74, 6) is -0.604. The van der Waals surface area contributed by atoms with Crippen LogP contribution in [0, 0.1) is 0 Å². The maximum Gasteiger partial charge on any atom is 0.416 e. The largest absolute Gasteiger partial charge is 0.416 e. The van der Waals surface area contributed by atoms with Gasteiger partial charge >= 0.3 is 6.18 Å². The minimum absolute atomic E-state index is 0.0126. The van der Waals surface area contributed by atoms with Crippen molar-refractivity contribution in [2.24, 2.45) is 0 Å².